The molecule has 1 amide bonds. The number of benzene rings is 2. The van der Waals surface area contributed by atoms with Gasteiger partial charge in [0.2, 0.25) is 0 Å². The first-order valence-electron chi connectivity index (χ1n) is 7.34. The number of nitrogens with zero attached hydrogens (tertiary/aromatic N) is 2. The van der Waals surface area contributed by atoms with Crippen molar-refractivity contribution in [2.45, 2.75) is 6.04 Å². The standard InChI is InChI=1S/C18H15ClFN3O/c1-23-10-9-21-17(23)16(12-5-3-2-4-6-12)22-18(24)14-11-13(19)7-8-15(14)20/h2-11,16H,1H3,(H,22,24)/t16-/m0/s1. The van der Waals surface area contributed by atoms with Crippen LogP contribution in [0.5, 0.6) is 0 Å². The minimum absolute atomic E-state index is 0.0994. The summed E-state index contributed by atoms with van der Waals surface area (Å²) in [5.41, 5.74) is 0.750. The van der Waals surface area contributed by atoms with Crippen LogP contribution >= 0.6 is 11.6 Å². The Labute approximate surface area is 143 Å². The minimum Gasteiger partial charge on any atom is -0.338 e. The Hall–Kier alpha value is -2.66. The zero-order valence-corrected chi connectivity index (χ0v) is 13.7. The van der Waals surface area contributed by atoms with Gasteiger partial charge in [-0.25, -0.2) is 9.37 Å². The predicted molar refractivity (Wildman–Crippen MR) is 90.4 cm³/mol. The van der Waals surface area contributed by atoms with E-state index in [1.165, 1.54) is 18.2 Å². The molecule has 0 unspecified atom stereocenters. The molecule has 0 saturated heterocycles. The molecule has 0 aliphatic heterocycles. The molecule has 1 aromatic heterocycles. The monoisotopic (exact) mass is 343 g/mol. The molecule has 3 aromatic rings. The Morgan fingerprint density at radius 3 is 2.67 bits per heavy atom. The first-order valence-corrected chi connectivity index (χ1v) is 7.72. The van der Waals surface area contributed by atoms with Crippen LogP contribution in [0.1, 0.15) is 27.8 Å². The van der Waals surface area contributed by atoms with Crippen molar-refractivity contribution in [3.05, 3.63) is 88.7 Å². The summed E-state index contributed by atoms with van der Waals surface area (Å²) < 4.78 is 15.8. The third kappa shape index (κ3) is 3.31. The molecular weight excluding hydrogens is 329 g/mol. The first kappa shape index (κ1) is 16.2. The van der Waals surface area contributed by atoms with E-state index in [1.807, 2.05) is 41.9 Å². The van der Waals surface area contributed by atoms with Crippen LogP contribution in [-0.2, 0) is 7.05 Å². The second kappa shape index (κ2) is 6.84. The number of carbonyl (C=O) groups excluding carboxylic acids is 1. The Morgan fingerprint density at radius 1 is 1.25 bits per heavy atom. The maximum absolute atomic E-state index is 14.0. The van der Waals surface area contributed by atoms with Crippen LogP contribution < -0.4 is 5.32 Å². The van der Waals surface area contributed by atoms with E-state index in [1.54, 1.807) is 12.4 Å². The fourth-order valence-corrected chi connectivity index (χ4v) is 2.65. The quantitative estimate of drug-likeness (QED) is 0.784. The number of hydrogen-bond donors (Lipinski definition) is 1. The molecule has 1 atom stereocenters. The molecule has 3 rings (SSSR count). The van der Waals surface area contributed by atoms with Crippen molar-refractivity contribution < 1.29 is 9.18 Å². The number of carbonyl (C=O) groups is 1. The van der Waals surface area contributed by atoms with E-state index in [4.69, 9.17) is 11.6 Å². The van der Waals surface area contributed by atoms with Crippen LogP contribution in [0, 0.1) is 5.82 Å². The fourth-order valence-electron chi connectivity index (χ4n) is 2.48. The number of rotatable bonds is 4. The smallest absolute Gasteiger partial charge is 0.255 e. The van der Waals surface area contributed by atoms with Gasteiger partial charge in [-0.3, -0.25) is 4.79 Å². The van der Waals surface area contributed by atoms with Crippen LogP contribution in [0.15, 0.2) is 60.9 Å². The second-order valence-electron chi connectivity index (χ2n) is 5.34. The summed E-state index contributed by atoms with van der Waals surface area (Å²) in [7, 11) is 1.84. The summed E-state index contributed by atoms with van der Waals surface area (Å²) in [6.45, 7) is 0. The lowest BCUT2D eigenvalue weighted by molar-refractivity contribution is 0.0937. The van der Waals surface area contributed by atoms with Gasteiger partial charge in [0.15, 0.2) is 0 Å². The van der Waals surface area contributed by atoms with Gasteiger partial charge in [0, 0.05) is 24.5 Å². The topological polar surface area (TPSA) is 46.9 Å². The van der Waals surface area contributed by atoms with Gasteiger partial charge in [0.05, 0.1) is 5.56 Å². The van der Waals surface area contributed by atoms with E-state index in [2.05, 4.69) is 10.3 Å². The van der Waals surface area contributed by atoms with Crippen LogP contribution in [0.3, 0.4) is 0 Å². The van der Waals surface area contributed by atoms with Gasteiger partial charge in [-0.2, -0.15) is 0 Å². The Morgan fingerprint density at radius 2 is 2.00 bits per heavy atom. The number of nitrogens with one attached hydrogen (secondary N) is 1. The Bertz CT molecular complexity index is 864. The lowest BCUT2D eigenvalue weighted by atomic mass is 10.1. The van der Waals surface area contributed by atoms with E-state index < -0.39 is 17.8 Å². The largest absolute Gasteiger partial charge is 0.338 e. The summed E-state index contributed by atoms with van der Waals surface area (Å²) >= 11 is 5.88. The highest BCUT2D eigenvalue weighted by molar-refractivity contribution is 6.31. The maximum Gasteiger partial charge on any atom is 0.255 e. The third-order valence-corrected chi connectivity index (χ3v) is 3.93. The minimum atomic E-state index is -0.622. The average molecular weight is 344 g/mol. The van der Waals surface area contributed by atoms with E-state index in [0.29, 0.717) is 10.8 Å². The lowest BCUT2D eigenvalue weighted by Gasteiger charge is -2.19. The summed E-state index contributed by atoms with van der Waals surface area (Å²) in [6.07, 6.45) is 3.44. The molecule has 0 aliphatic rings. The van der Waals surface area contributed by atoms with Gasteiger partial charge in [0.25, 0.3) is 5.91 Å². The number of aryl methyl sites for hydroxylation is 1. The number of amides is 1. The average Bonchev–Trinajstić information content (AvgIpc) is 3.01. The zero-order valence-electron chi connectivity index (χ0n) is 12.9. The predicted octanol–water partition coefficient (Wildman–Crippen LogP) is 3.73. The number of hydrogen-bond acceptors (Lipinski definition) is 2. The zero-order chi connectivity index (χ0) is 17.1. The van der Waals surface area contributed by atoms with E-state index in [0.717, 1.165) is 5.56 Å². The summed E-state index contributed by atoms with van der Waals surface area (Å²) in [5, 5.41) is 3.14. The van der Waals surface area contributed by atoms with Crippen molar-refractivity contribution in [3.8, 4) is 0 Å². The fraction of sp³-hybridized carbons (Fsp3) is 0.111. The SMILES string of the molecule is Cn1ccnc1[C@@H](NC(=O)c1cc(Cl)ccc1F)c1ccccc1. The van der Waals surface area contributed by atoms with Crippen molar-refractivity contribution in [1.29, 1.82) is 0 Å². The van der Waals surface area contributed by atoms with E-state index in [9.17, 15) is 9.18 Å². The van der Waals surface area contributed by atoms with E-state index >= 15 is 0 Å². The second-order valence-corrected chi connectivity index (χ2v) is 5.77. The molecule has 6 heteroatoms. The molecule has 24 heavy (non-hydrogen) atoms. The number of aromatic nitrogens is 2. The van der Waals surface area contributed by atoms with Gasteiger partial charge in [0.1, 0.15) is 17.7 Å². The van der Waals surface area contributed by atoms with Gasteiger partial charge in [-0.1, -0.05) is 41.9 Å². The molecule has 2 aromatic carbocycles. The molecule has 0 bridgehead atoms. The summed E-state index contributed by atoms with van der Waals surface area (Å²) in [5.74, 6) is -0.521. The van der Waals surface area contributed by atoms with Crippen LogP contribution in [0.2, 0.25) is 5.02 Å². The molecule has 4 nitrogen and oxygen atoms in total. The van der Waals surface area contributed by atoms with E-state index in [-0.39, 0.29) is 5.56 Å². The highest BCUT2D eigenvalue weighted by Crippen LogP contribution is 2.22. The van der Waals surface area contributed by atoms with Gasteiger partial charge in [-0.05, 0) is 23.8 Å². The third-order valence-electron chi connectivity index (χ3n) is 3.70. The summed E-state index contributed by atoms with van der Waals surface area (Å²) in [4.78, 5) is 16.9. The van der Waals surface area contributed by atoms with Gasteiger partial charge >= 0.3 is 0 Å². The van der Waals surface area contributed by atoms with Crippen LogP contribution in [0.25, 0.3) is 0 Å². The van der Waals surface area contributed by atoms with Gasteiger partial charge < -0.3 is 9.88 Å². The lowest BCUT2D eigenvalue weighted by Crippen LogP contribution is -2.31. The molecule has 0 saturated carbocycles. The molecule has 0 spiro atoms. The normalized spacial score (nSPS) is 12.0. The number of halogens is 2. The Kier molecular flexibility index (Phi) is 4.62. The van der Waals surface area contributed by atoms with Crippen LogP contribution in [0.4, 0.5) is 4.39 Å². The molecule has 0 aliphatic carbocycles. The van der Waals surface area contributed by atoms with Crippen LogP contribution in [-0.4, -0.2) is 15.5 Å². The van der Waals surface area contributed by atoms with Crippen molar-refractivity contribution in [3.63, 3.8) is 0 Å². The molecule has 1 heterocycles. The Balaban J connectivity index is 1.97. The van der Waals surface area contributed by atoms with Gasteiger partial charge in [-0.15, -0.1) is 0 Å². The number of imidazole rings is 1. The highest BCUT2D eigenvalue weighted by atomic mass is 35.5. The summed E-state index contributed by atoms with van der Waals surface area (Å²) in [6, 6.07) is 12.8. The van der Waals surface area contributed by atoms with Crippen molar-refractivity contribution in [2.75, 3.05) is 0 Å². The molecular formula is C18H15ClFN3O. The highest BCUT2D eigenvalue weighted by Gasteiger charge is 2.22. The molecule has 0 radical (unpaired) electrons. The van der Waals surface area contributed by atoms with Crippen molar-refractivity contribution in [2.24, 2.45) is 7.05 Å². The molecule has 0 fully saturated rings. The molecule has 1 N–H and O–H groups in total. The first-order chi connectivity index (χ1) is 11.6. The van der Waals surface area contributed by atoms with Crippen molar-refractivity contribution in [1.82, 2.24) is 14.9 Å². The van der Waals surface area contributed by atoms with Crippen molar-refractivity contribution >= 4 is 17.5 Å². The maximum atomic E-state index is 14.0. The molecule has 122 valence electrons.